The zero-order valence-corrected chi connectivity index (χ0v) is 10.3. The van der Waals surface area contributed by atoms with E-state index >= 15 is 0 Å². The fraction of sp³-hybridized carbons (Fsp3) is 0.875. The predicted octanol–water partition coefficient (Wildman–Crippen LogP) is 0.541. The molecule has 2 N–H and O–H groups in total. The minimum Gasteiger partial charge on any atom is -0.329 e. The van der Waals surface area contributed by atoms with Crippen molar-refractivity contribution in [3.05, 3.63) is 5.82 Å². The Balaban J connectivity index is 2.15. The molecule has 0 aliphatic carbocycles. The molecule has 0 bridgehead atoms. The minimum absolute atomic E-state index is 0.408. The van der Waals surface area contributed by atoms with Gasteiger partial charge >= 0.3 is 0 Å². The summed E-state index contributed by atoms with van der Waals surface area (Å²) < 4.78 is 1.83. The van der Waals surface area contributed by atoms with Crippen molar-refractivity contribution in [1.29, 1.82) is 0 Å². The molecule has 1 aromatic rings. The molecule has 2 heterocycles. The monoisotopic (exact) mass is 245 g/mol. The fourth-order valence-corrected chi connectivity index (χ4v) is 4.37. The lowest BCUT2D eigenvalue weighted by atomic mass is 10.3. The molecule has 0 aromatic carbocycles. The first-order chi connectivity index (χ1) is 7.33. The third-order valence-corrected chi connectivity index (χ3v) is 5.43. The van der Waals surface area contributed by atoms with Gasteiger partial charge in [0, 0.05) is 23.3 Å². The summed E-state index contributed by atoms with van der Waals surface area (Å²) in [6.45, 7) is 3.52. The highest BCUT2D eigenvalue weighted by atomic mass is 32.2. The highest BCUT2D eigenvalue weighted by Gasteiger charge is 2.28. The maximum Gasteiger partial charge on any atom is 0.165 e. The van der Waals surface area contributed by atoms with Crippen LogP contribution in [0.3, 0.4) is 0 Å². The molecule has 15 heavy (non-hydrogen) atoms. The average molecular weight is 245 g/mol. The van der Waals surface area contributed by atoms with Crippen molar-refractivity contribution in [1.82, 2.24) is 20.2 Å². The molecule has 1 saturated heterocycles. The standard InChI is InChI=1S/C8H15N5S2/c1-6-7(15-5-4-14-6)8-10-11-12-13(8)3-2-9/h6-7H,2-5,9H2,1H3. The van der Waals surface area contributed by atoms with Gasteiger partial charge in [-0.25, -0.2) is 4.68 Å². The molecule has 1 aliphatic heterocycles. The number of rotatable bonds is 3. The van der Waals surface area contributed by atoms with Crippen LogP contribution in [0.5, 0.6) is 0 Å². The summed E-state index contributed by atoms with van der Waals surface area (Å²) in [6, 6.07) is 0. The first-order valence-corrected chi connectivity index (χ1v) is 7.12. The van der Waals surface area contributed by atoms with Gasteiger partial charge in [-0.05, 0) is 10.4 Å². The van der Waals surface area contributed by atoms with E-state index in [1.165, 1.54) is 11.5 Å². The highest BCUT2D eigenvalue weighted by Crippen LogP contribution is 2.41. The van der Waals surface area contributed by atoms with E-state index in [-0.39, 0.29) is 0 Å². The van der Waals surface area contributed by atoms with Crippen molar-refractivity contribution < 1.29 is 0 Å². The first-order valence-electron chi connectivity index (χ1n) is 5.02. The second-order valence-corrected chi connectivity index (χ2v) is 6.15. The number of hydrogen-bond donors (Lipinski definition) is 1. The summed E-state index contributed by atoms with van der Waals surface area (Å²) >= 11 is 3.93. The Kier molecular flexibility index (Phi) is 3.87. The molecule has 2 atom stereocenters. The molecule has 0 radical (unpaired) electrons. The van der Waals surface area contributed by atoms with Gasteiger partial charge in [0.1, 0.15) is 0 Å². The van der Waals surface area contributed by atoms with Crippen molar-refractivity contribution in [2.24, 2.45) is 5.73 Å². The van der Waals surface area contributed by atoms with Crippen LogP contribution < -0.4 is 5.73 Å². The molecule has 1 aromatic heterocycles. The number of thioether (sulfide) groups is 2. The van der Waals surface area contributed by atoms with E-state index in [0.29, 0.717) is 23.6 Å². The predicted molar refractivity (Wildman–Crippen MR) is 64.0 cm³/mol. The van der Waals surface area contributed by atoms with E-state index in [1.54, 1.807) is 0 Å². The van der Waals surface area contributed by atoms with Crippen LogP contribution in [0.15, 0.2) is 0 Å². The number of tetrazole rings is 1. The van der Waals surface area contributed by atoms with E-state index in [9.17, 15) is 0 Å². The number of hydrogen-bond acceptors (Lipinski definition) is 6. The summed E-state index contributed by atoms with van der Waals surface area (Å²) in [6.07, 6.45) is 0. The summed E-state index contributed by atoms with van der Waals surface area (Å²) in [5.74, 6) is 3.38. The van der Waals surface area contributed by atoms with Crippen molar-refractivity contribution in [2.45, 2.75) is 24.0 Å². The molecular weight excluding hydrogens is 230 g/mol. The van der Waals surface area contributed by atoms with Crippen molar-refractivity contribution >= 4 is 23.5 Å². The number of aromatic nitrogens is 4. The number of nitrogens with zero attached hydrogens (tertiary/aromatic N) is 4. The Bertz CT molecular complexity index is 316. The second-order valence-electron chi connectivity index (χ2n) is 3.42. The minimum atomic E-state index is 0.408. The SMILES string of the molecule is CC1SCCSC1c1nnnn1CCN. The lowest BCUT2D eigenvalue weighted by Gasteiger charge is -2.26. The van der Waals surface area contributed by atoms with E-state index in [0.717, 1.165) is 5.82 Å². The van der Waals surface area contributed by atoms with Crippen LogP contribution in [-0.4, -0.2) is 43.5 Å². The Morgan fingerprint density at radius 1 is 1.47 bits per heavy atom. The van der Waals surface area contributed by atoms with Gasteiger partial charge < -0.3 is 5.73 Å². The van der Waals surface area contributed by atoms with Crippen molar-refractivity contribution in [3.63, 3.8) is 0 Å². The van der Waals surface area contributed by atoms with Crippen LogP contribution in [0, 0.1) is 0 Å². The van der Waals surface area contributed by atoms with Gasteiger partial charge in [-0.15, -0.1) is 16.9 Å². The molecule has 0 saturated carbocycles. The highest BCUT2D eigenvalue weighted by molar-refractivity contribution is 8.06. The largest absolute Gasteiger partial charge is 0.329 e. The van der Waals surface area contributed by atoms with Crippen LogP contribution in [0.2, 0.25) is 0 Å². The zero-order valence-electron chi connectivity index (χ0n) is 8.67. The van der Waals surface area contributed by atoms with Crippen LogP contribution in [0.1, 0.15) is 18.0 Å². The topological polar surface area (TPSA) is 69.6 Å². The second kappa shape index (κ2) is 5.18. The van der Waals surface area contributed by atoms with Gasteiger partial charge in [-0.1, -0.05) is 6.92 Å². The first kappa shape index (κ1) is 11.2. The average Bonchev–Trinajstić information content (AvgIpc) is 2.67. The Morgan fingerprint density at radius 3 is 3.00 bits per heavy atom. The normalized spacial score (nSPS) is 26.8. The van der Waals surface area contributed by atoms with Gasteiger partial charge in [0.2, 0.25) is 0 Å². The van der Waals surface area contributed by atoms with Crippen LogP contribution in [0.4, 0.5) is 0 Å². The van der Waals surface area contributed by atoms with Crippen molar-refractivity contribution in [2.75, 3.05) is 18.1 Å². The molecule has 1 fully saturated rings. The smallest absolute Gasteiger partial charge is 0.165 e. The molecular formula is C8H15N5S2. The van der Waals surface area contributed by atoms with E-state index < -0.39 is 0 Å². The van der Waals surface area contributed by atoms with E-state index in [2.05, 4.69) is 22.4 Å². The molecule has 2 rings (SSSR count). The molecule has 84 valence electrons. The summed E-state index contributed by atoms with van der Waals surface area (Å²) in [5, 5.41) is 12.8. The maximum absolute atomic E-state index is 5.52. The molecule has 2 unspecified atom stereocenters. The zero-order chi connectivity index (χ0) is 10.7. The fourth-order valence-electron chi connectivity index (χ4n) is 1.61. The van der Waals surface area contributed by atoms with Crippen LogP contribution in [0.25, 0.3) is 0 Å². The summed E-state index contributed by atoms with van der Waals surface area (Å²) in [5.41, 5.74) is 5.52. The van der Waals surface area contributed by atoms with Gasteiger partial charge in [0.05, 0.1) is 11.8 Å². The van der Waals surface area contributed by atoms with Crippen LogP contribution in [-0.2, 0) is 6.54 Å². The Hall–Kier alpha value is -0.270. The molecule has 5 nitrogen and oxygen atoms in total. The third-order valence-electron chi connectivity index (χ3n) is 2.34. The van der Waals surface area contributed by atoms with Gasteiger partial charge in [-0.3, -0.25) is 0 Å². The maximum atomic E-state index is 5.52. The molecule has 7 heteroatoms. The van der Waals surface area contributed by atoms with Gasteiger partial charge in [-0.2, -0.15) is 11.8 Å². The number of nitrogens with two attached hydrogens (primary N) is 1. The lowest BCUT2D eigenvalue weighted by molar-refractivity contribution is 0.567. The van der Waals surface area contributed by atoms with Gasteiger partial charge in [0.25, 0.3) is 0 Å². The van der Waals surface area contributed by atoms with E-state index in [4.69, 9.17) is 5.73 Å². The van der Waals surface area contributed by atoms with E-state index in [1.807, 2.05) is 28.2 Å². The molecule has 0 spiro atoms. The summed E-state index contributed by atoms with van der Waals surface area (Å²) in [7, 11) is 0. The van der Waals surface area contributed by atoms with Gasteiger partial charge in [0.15, 0.2) is 5.82 Å². The Labute approximate surface area is 97.5 Å². The van der Waals surface area contributed by atoms with Crippen molar-refractivity contribution in [3.8, 4) is 0 Å². The quantitative estimate of drug-likeness (QED) is 0.838. The third kappa shape index (κ3) is 2.46. The van der Waals surface area contributed by atoms with Crippen LogP contribution >= 0.6 is 23.5 Å². The Morgan fingerprint density at radius 2 is 2.27 bits per heavy atom. The summed E-state index contributed by atoms with van der Waals surface area (Å²) in [4.78, 5) is 0. The molecule has 1 aliphatic rings. The molecule has 0 amide bonds. The lowest BCUT2D eigenvalue weighted by Crippen LogP contribution is -2.22.